The summed E-state index contributed by atoms with van der Waals surface area (Å²) >= 11 is 0. The lowest BCUT2D eigenvalue weighted by Gasteiger charge is -2.68. The van der Waals surface area contributed by atoms with E-state index in [-0.39, 0.29) is 24.2 Å². The Morgan fingerprint density at radius 2 is 1.59 bits per heavy atom. The lowest BCUT2D eigenvalue weighted by atomic mass is 9.42. The zero-order valence-electron chi connectivity index (χ0n) is 34.2. The summed E-state index contributed by atoms with van der Waals surface area (Å²) in [6.07, 6.45) is -9.58. The number of amides is 1. The number of aliphatic hydroxyl groups excluding tert-OH is 3. The zero-order chi connectivity index (χ0) is 42.7. The summed E-state index contributed by atoms with van der Waals surface area (Å²) in [5, 5.41) is 51.8. The van der Waals surface area contributed by atoms with E-state index in [4.69, 9.17) is 18.9 Å². The van der Waals surface area contributed by atoms with Gasteiger partial charge in [-0.25, -0.2) is 9.59 Å². The molecule has 0 radical (unpaired) electrons. The Morgan fingerprint density at radius 3 is 2.14 bits per heavy atom. The molecule has 1 unspecified atom stereocenters. The second-order valence-corrected chi connectivity index (χ2v) is 18.0. The maximum atomic E-state index is 15.0. The van der Waals surface area contributed by atoms with Crippen LogP contribution in [-0.2, 0) is 33.3 Å². The molecular weight excluding hydrogens is 750 g/mol. The van der Waals surface area contributed by atoms with E-state index in [2.05, 4.69) is 5.32 Å². The van der Waals surface area contributed by atoms with E-state index in [0.29, 0.717) is 11.1 Å². The van der Waals surface area contributed by atoms with Crippen LogP contribution in [0.25, 0.3) is 0 Å². The fourth-order valence-corrected chi connectivity index (χ4v) is 10.2. The number of hydrogen-bond donors (Lipinski definition) is 5. The number of benzene rings is 2. The number of aliphatic hydroxyl groups is 4. The van der Waals surface area contributed by atoms with Crippen LogP contribution >= 0.6 is 0 Å². The highest BCUT2D eigenvalue weighted by Crippen LogP contribution is 2.66. The van der Waals surface area contributed by atoms with Gasteiger partial charge in [0.1, 0.15) is 23.9 Å². The normalized spacial score (nSPS) is 33.8. The van der Waals surface area contributed by atoms with Crippen LogP contribution in [0.5, 0.6) is 0 Å². The number of ether oxygens (including phenoxy) is 4. The molecule has 5 N–H and O–H groups in total. The first kappa shape index (κ1) is 43.1. The van der Waals surface area contributed by atoms with Crippen LogP contribution < -0.4 is 5.32 Å². The zero-order valence-corrected chi connectivity index (χ0v) is 34.2. The van der Waals surface area contributed by atoms with Crippen LogP contribution in [-0.4, -0.2) is 104 Å². The number of rotatable bonds is 9. The Bertz CT molecular complexity index is 1970. The molecule has 1 aliphatic heterocycles. The van der Waals surface area contributed by atoms with E-state index in [1.54, 1.807) is 102 Å². The van der Waals surface area contributed by atoms with Crippen molar-refractivity contribution in [3.63, 3.8) is 0 Å². The van der Waals surface area contributed by atoms with Gasteiger partial charge >= 0.3 is 18.0 Å². The molecule has 11 atom stereocenters. The monoisotopic (exact) mass is 805 g/mol. The molecule has 14 nitrogen and oxygen atoms in total. The Labute approximate surface area is 337 Å². The van der Waals surface area contributed by atoms with Gasteiger partial charge in [-0.3, -0.25) is 14.4 Å². The predicted molar refractivity (Wildman–Crippen MR) is 207 cm³/mol. The minimum atomic E-state index is -2.13. The minimum absolute atomic E-state index is 0.0163. The summed E-state index contributed by atoms with van der Waals surface area (Å²) in [5.74, 6) is -5.76. The molecule has 3 aliphatic carbocycles. The van der Waals surface area contributed by atoms with E-state index >= 15 is 4.79 Å². The van der Waals surface area contributed by atoms with Crippen molar-refractivity contribution in [2.45, 2.75) is 128 Å². The molecule has 2 aromatic carbocycles. The lowest BCUT2D eigenvalue weighted by molar-refractivity contribution is -0.339. The maximum Gasteiger partial charge on any atom is 0.408 e. The van der Waals surface area contributed by atoms with Crippen LogP contribution in [0.1, 0.15) is 96.6 Å². The van der Waals surface area contributed by atoms with E-state index in [1.807, 2.05) is 0 Å². The number of fused-ring (bicyclic) bond motifs is 5. The van der Waals surface area contributed by atoms with Gasteiger partial charge in [-0.05, 0) is 51.3 Å². The molecule has 6 rings (SSSR count). The average molecular weight is 806 g/mol. The smallest absolute Gasteiger partial charge is 0.408 e. The number of carbonyl (C=O) groups is 5. The van der Waals surface area contributed by atoms with Gasteiger partial charge < -0.3 is 44.7 Å². The van der Waals surface area contributed by atoms with Gasteiger partial charge in [0.05, 0.1) is 29.8 Å². The van der Waals surface area contributed by atoms with E-state index in [9.17, 15) is 39.6 Å². The van der Waals surface area contributed by atoms with Crippen molar-refractivity contribution < 1.29 is 63.3 Å². The largest absolute Gasteiger partial charge is 0.456 e. The van der Waals surface area contributed by atoms with E-state index in [0.717, 1.165) is 0 Å². The molecule has 58 heavy (non-hydrogen) atoms. The quantitative estimate of drug-likeness (QED) is 0.105. The molecule has 2 saturated carbocycles. The number of carbonyl (C=O) groups excluding carboxylic acids is 5. The van der Waals surface area contributed by atoms with Crippen molar-refractivity contribution in [2.24, 2.45) is 22.7 Å². The third kappa shape index (κ3) is 7.16. The minimum Gasteiger partial charge on any atom is -0.456 e. The van der Waals surface area contributed by atoms with Gasteiger partial charge in [-0.2, -0.15) is 0 Å². The van der Waals surface area contributed by atoms with Gasteiger partial charge in [-0.1, -0.05) is 74.5 Å². The molecule has 1 amide bonds. The molecule has 4 aliphatic rings. The Morgan fingerprint density at radius 1 is 0.983 bits per heavy atom. The molecular formula is C44H55NO13. The van der Waals surface area contributed by atoms with Crippen molar-refractivity contribution >= 4 is 29.6 Å². The third-order valence-corrected chi connectivity index (χ3v) is 13.1. The van der Waals surface area contributed by atoms with Gasteiger partial charge in [-0.15, -0.1) is 0 Å². The number of nitrogens with one attached hydrogen (secondary N) is 1. The van der Waals surface area contributed by atoms with Crippen LogP contribution in [0, 0.1) is 22.7 Å². The summed E-state index contributed by atoms with van der Waals surface area (Å²) in [7, 11) is 0. The van der Waals surface area contributed by atoms with E-state index in [1.165, 1.54) is 13.8 Å². The average Bonchev–Trinajstić information content (AvgIpc) is 3.14. The maximum absolute atomic E-state index is 15.0. The number of hydrogen-bond acceptors (Lipinski definition) is 13. The summed E-state index contributed by atoms with van der Waals surface area (Å²) in [6.45, 7) is 12.2. The molecule has 2 aromatic rings. The van der Waals surface area contributed by atoms with Crippen molar-refractivity contribution in [3.05, 3.63) is 82.9 Å². The third-order valence-electron chi connectivity index (χ3n) is 13.1. The molecule has 3 fully saturated rings. The molecule has 1 heterocycles. The number of esters is 2. The van der Waals surface area contributed by atoms with E-state index < -0.39 is 118 Å². The fraction of sp³-hybridized carbons (Fsp3) is 0.568. The summed E-state index contributed by atoms with van der Waals surface area (Å²) < 4.78 is 23.4. The summed E-state index contributed by atoms with van der Waals surface area (Å²) in [4.78, 5) is 69.3. The van der Waals surface area contributed by atoms with Crippen molar-refractivity contribution in [1.29, 1.82) is 0 Å². The number of ketones is 2. The van der Waals surface area contributed by atoms with Gasteiger partial charge in [0.25, 0.3) is 0 Å². The van der Waals surface area contributed by atoms with Crippen molar-refractivity contribution in [3.8, 4) is 0 Å². The predicted octanol–water partition coefficient (Wildman–Crippen LogP) is 3.92. The fourth-order valence-electron chi connectivity index (χ4n) is 10.2. The first-order valence-electron chi connectivity index (χ1n) is 19.7. The molecule has 0 aromatic heterocycles. The van der Waals surface area contributed by atoms with Gasteiger partial charge in [0, 0.05) is 49.0 Å². The Kier molecular flexibility index (Phi) is 11.4. The number of Topliss-reactive ketones (excluding diaryl/α,β-unsaturated/α-hetero) is 2. The molecule has 2 bridgehead atoms. The highest BCUT2D eigenvalue weighted by molar-refractivity contribution is 5.97. The highest BCUT2D eigenvalue weighted by atomic mass is 16.6. The molecule has 0 spiro atoms. The molecule has 14 heteroatoms. The topological polar surface area (TPSA) is 215 Å². The highest BCUT2D eigenvalue weighted by Gasteiger charge is 2.76. The van der Waals surface area contributed by atoms with Gasteiger partial charge in [0.2, 0.25) is 0 Å². The van der Waals surface area contributed by atoms with Crippen LogP contribution in [0.15, 0.2) is 71.8 Å². The second kappa shape index (κ2) is 15.3. The SMILES string of the molecule is CC(=O)OC12CO[C@H]1C[C@H](O)[C@@]1(C)C(=O)[C@H](O)C3=C(C)[C@@H](OC(=O)[C@@H](O)[C@@H](NC(=O)OC(C)(C)C)c4ccccc4)C[C@@](O)([C@@H](CC(=O)c4ccccc4)[C@@H]21)C3(C)C. The first-order valence-corrected chi connectivity index (χ1v) is 19.7. The van der Waals surface area contributed by atoms with Crippen LogP contribution in [0.3, 0.4) is 0 Å². The molecule has 314 valence electrons. The molecule has 1 saturated heterocycles. The van der Waals surface area contributed by atoms with Crippen molar-refractivity contribution in [2.75, 3.05) is 6.61 Å². The van der Waals surface area contributed by atoms with Crippen LogP contribution in [0.2, 0.25) is 0 Å². The number of alkyl carbamates (subject to hydrolysis) is 1. The lowest BCUT2D eigenvalue weighted by Crippen LogP contribution is -2.80. The Balaban J connectivity index is 1.49. The summed E-state index contributed by atoms with van der Waals surface area (Å²) in [5.41, 5.74) is -7.15. The van der Waals surface area contributed by atoms with Crippen molar-refractivity contribution in [1.82, 2.24) is 5.32 Å². The van der Waals surface area contributed by atoms with Gasteiger partial charge in [0.15, 0.2) is 23.3 Å². The summed E-state index contributed by atoms with van der Waals surface area (Å²) in [6, 6.07) is 15.2. The Hall–Kier alpha value is -4.47. The first-order chi connectivity index (χ1) is 27.0. The standard InChI is InChI=1S/C44H55NO13/c1-23-29(56-38(52)35(50)33(26-17-13-10-14-18-26)45-39(53)58-40(3,4)5)21-44(54)27(19-28(47)25-15-11-9-12-16-25)36-42(8,37(51)34(49)32(23)41(44,6)7)30(48)20-31-43(36,22-55-31)57-24(2)46/h9-18,27,29-31,33-36,48-50,54H,19-22H2,1-8H3,(H,45,53)/t27-,29-,30-,31-,33-,34+,35-,36+,42+,43?,44+/m0/s1. The van der Waals surface area contributed by atoms with Crippen LogP contribution in [0.4, 0.5) is 4.79 Å². The second-order valence-electron chi connectivity index (χ2n) is 18.0.